The van der Waals surface area contributed by atoms with Gasteiger partial charge in [-0.1, -0.05) is 17.3 Å². The highest BCUT2D eigenvalue weighted by molar-refractivity contribution is 5.79. The van der Waals surface area contributed by atoms with E-state index in [1.807, 2.05) is 43.0 Å². The number of carbonyl (C=O) groups is 1. The van der Waals surface area contributed by atoms with E-state index in [1.165, 1.54) is 0 Å². The fourth-order valence-electron chi connectivity index (χ4n) is 3.59. The first-order valence-corrected chi connectivity index (χ1v) is 8.76. The van der Waals surface area contributed by atoms with Crippen molar-refractivity contribution in [2.24, 2.45) is 0 Å². The number of aryl methyl sites for hydroxylation is 2. The number of hydrogen-bond donors (Lipinski definition) is 1. The Morgan fingerprint density at radius 2 is 2.04 bits per heavy atom. The number of H-pyrrole nitrogens is 1. The molecule has 3 heterocycles. The van der Waals surface area contributed by atoms with Crippen LogP contribution in [0.15, 0.2) is 28.8 Å². The number of likely N-dealkylation sites (tertiary alicyclic amines) is 1. The zero-order valence-corrected chi connectivity index (χ0v) is 14.6. The summed E-state index contributed by atoms with van der Waals surface area (Å²) in [5.74, 6) is 2.31. The molecule has 0 aliphatic carbocycles. The summed E-state index contributed by atoms with van der Waals surface area (Å²) in [7, 11) is 0. The standard InChI is InChI=1S/C19H22N4O2/c1-12-15(13(2)25-22-12)11-18(24)23-9-7-14(8-10-23)19-20-16-5-3-4-6-17(16)21-19/h3-6,14H,7-11H2,1-2H3,(H,20,21). The lowest BCUT2D eigenvalue weighted by molar-refractivity contribution is -0.131. The molecule has 0 radical (unpaired) electrons. The molecule has 1 N–H and O–H groups in total. The first-order valence-electron chi connectivity index (χ1n) is 8.76. The zero-order chi connectivity index (χ0) is 17.4. The minimum atomic E-state index is 0.150. The molecule has 1 fully saturated rings. The van der Waals surface area contributed by atoms with Crippen molar-refractivity contribution in [2.45, 2.75) is 39.0 Å². The van der Waals surface area contributed by atoms with E-state index in [1.54, 1.807) is 0 Å². The van der Waals surface area contributed by atoms with Gasteiger partial charge in [-0.3, -0.25) is 4.79 Å². The first kappa shape index (κ1) is 15.9. The lowest BCUT2D eigenvalue weighted by Gasteiger charge is -2.31. The fraction of sp³-hybridized carbons (Fsp3) is 0.421. The van der Waals surface area contributed by atoms with E-state index in [4.69, 9.17) is 9.51 Å². The number of para-hydroxylation sites is 2. The normalized spacial score (nSPS) is 15.8. The Labute approximate surface area is 146 Å². The monoisotopic (exact) mass is 338 g/mol. The van der Waals surface area contributed by atoms with Crippen LogP contribution in [0.25, 0.3) is 11.0 Å². The first-order chi connectivity index (χ1) is 12.1. The molecular weight excluding hydrogens is 316 g/mol. The summed E-state index contributed by atoms with van der Waals surface area (Å²) < 4.78 is 5.15. The van der Waals surface area contributed by atoms with Gasteiger partial charge in [-0.05, 0) is 38.8 Å². The minimum Gasteiger partial charge on any atom is -0.361 e. The van der Waals surface area contributed by atoms with E-state index in [2.05, 4.69) is 10.1 Å². The number of carbonyl (C=O) groups excluding carboxylic acids is 1. The second kappa shape index (κ2) is 6.35. The van der Waals surface area contributed by atoms with Crippen molar-refractivity contribution in [2.75, 3.05) is 13.1 Å². The van der Waals surface area contributed by atoms with Crippen LogP contribution in [0, 0.1) is 13.8 Å². The SMILES string of the molecule is Cc1noc(C)c1CC(=O)N1CCC(c2nc3ccccc3[nH]2)CC1. The van der Waals surface area contributed by atoms with E-state index < -0.39 is 0 Å². The third-order valence-electron chi connectivity index (χ3n) is 5.15. The maximum absolute atomic E-state index is 12.6. The highest BCUT2D eigenvalue weighted by atomic mass is 16.5. The van der Waals surface area contributed by atoms with Crippen LogP contribution in [0.5, 0.6) is 0 Å². The van der Waals surface area contributed by atoms with Gasteiger partial charge >= 0.3 is 0 Å². The van der Waals surface area contributed by atoms with Gasteiger partial charge < -0.3 is 14.4 Å². The Morgan fingerprint density at radius 1 is 1.28 bits per heavy atom. The average molecular weight is 338 g/mol. The highest BCUT2D eigenvalue weighted by Gasteiger charge is 2.26. The Kier molecular flexibility index (Phi) is 4.03. The lowest BCUT2D eigenvalue weighted by atomic mass is 9.95. The Balaban J connectivity index is 1.40. The summed E-state index contributed by atoms with van der Waals surface area (Å²) in [6.45, 7) is 5.27. The maximum atomic E-state index is 12.6. The van der Waals surface area contributed by atoms with Crippen LogP contribution in [0.4, 0.5) is 0 Å². The van der Waals surface area contributed by atoms with Crippen molar-refractivity contribution >= 4 is 16.9 Å². The number of rotatable bonds is 3. The molecule has 3 aromatic rings. The van der Waals surface area contributed by atoms with E-state index in [0.29, 0.717) is 12.3 Å². The summed E-state index contributed by atoms with van der Waals surface area (Å²) >= 11 is 0. The second-order valence-electron chi connectivity index (χ2n) is 6.77. The van der Waals surface area contributed by atoms with Gasteiger partial charge in [0.2, 0.25) is 5.91 Å². The molecule has 2 aromatic heterocycles. The molecule has 0 bridgehead atoms. The molecular formula is C19H22N4O2. The Bertz CT molecular complexity index is 851. The summed E-state index contributed by atoms with van der Waals surface area (Å²) in [5, 5.41) is 3.93. The highest BCUT2D eigenvalue weighted by Crippen LogP contribution is 2.28. The average Bonchev–Trinajstić information content (AvgIpc) is 3.20. The molecule has 1 aromatic carbocycles. The van der Waals surface area contributed by atoms with Crippen molar-refractivity contribution in [3.8, 4) is 0 Å². The molecule has 0 saturated carbocycles. The molecule has 6 nitrogen and oxygen atoms in total. The molecule has 0 unspecified atom stereocenters. The van der Waals surface area contributed by atoms with Gasteiger partial charge in [0.1, 0.15) is 11.6 Å². The maximum Gasteiger partial charge on any atom is 0.227 e. The fourth-order valence-corrected chi connectivity index (χ4v) is 3.59. The molecule has 4 rings (SSSR count). The van der Waals surface area contributed by atoms with Crippen molar-refractivity contribution in [1.82, 2.24) is 20.0 Å². The third kappa shape index (κ3) is 3.04. The van der Waals surface area contributed by atoms with Gasteiger partial charge in [-0.15, -0.1) is 0 Å². The Morgan fingerprint density at radius 3 is 2.72 bits per heavy atom. The quantitative estimate of drug-likeness (QED) is 0.796. The van der Waals surface area contributed by atoms with Crippen LogP contribution in [0.1, 0.15) is 41.6 Å². The van der Waals surface area contributed by atoms with E-state index >= 15 is 0 Å². The lowest BCUT2D eigenvalue weighted by Crippen LogP contribution is -2.39. The predicted molar refractivity (Wildman–Crippen MR) is 94.3 cm³/mol. The van der Waals surface area contributed by atoms with Gasteiger partial charge in [0.15, 0.2) is 0 Å². The smallest absolute Gasteiger partial charge is 0.227 e. The largest absolute Gasteiger partial charge is 0.361 e. The summed E-state index contributed by atoms with van der Waals surface area (Å²) in [6, 6.07) is 8.09. The van der Waals surface area contributed by atoms with Gasteiger partial charge in [0, 0.05) is 24.6 Å². The molecule has 1 saturated heterocycles. The number of aromatic nitrogens is 3. The Hall–Kier alpha value is -2.63. The van der Waals surface area contributed by atoms with Crippen LogP contribution in [-0.2, 0) is 11.2 Å². The van der Waals surface area contributed by atoms with Crippen LogP contribution in [-0.4, -0.2) is 39.0 Å². The molecule has 1 amide bonds. The molecule has 130 valence electrons. The van der Waals surface area contributed by atoms with Crippen LogP contribution in [0.3, 0.4) is 0 Å². The molecule has 1 aliphatic rings. The van der Waals surface area contributed by atoms with E-state index in [0.717, 1.165) is 59.8 Å². The third-order valence-corrected chi connectivity index (χ3v) is 5.15. The van der Waals surface area contributed by atoms with Crippen LogP contribution in [0.2, 0.25) is 0 Å². The summed E-state index contributed by atoms with van der Waals surface area (Å²) in [6.07, 6.45) is 2.25. The number of amides is 1. The predicted octanol–water partition coefficient (Wildman–Crippen LogP) is 3.12. The summed E-state index contributed by atoms with van der Waals surface area (Å²) in [5.41, 5.74) is 3.82. The molecule has 1 aliphatic heterocycles. The zero-order valence-electron chi connectivity index (χ0n) is 14.6. The number of imidazole rings is 1. The van der Waals surface area contributed by atoms with Crippen molar-refractivity contribution in [1.29, 1.82) is 0 Å². The van der Waals surface area contributed by atoms with Crippen LogP contribution < -0.4 is 0 Å². The number of nitrogens with one attached hydrogen (secondary N) is 1. The van der Waals surface area contributed by atoms with Crippen molar-refractivity contribution in [3.63, 3.8) is 0 Å². The van der Waals surface area contributed by atoms with Gasteiger partial charge in [0.25, 0.3) is 0 Å². The van der Waals surface area contributed by atoms with Gasteiger partial charge in [-0.2, -0.15) is 0 Å². The number of benzene rings is 1. The van der Waals surface area contributed by atoms with Crippen LogP contribution >= 0.6 is 0 Å². The van der Waals surface area contributed by atoms with Gasteiger partial charge in [-0.25, -0.2) is 4.98 Å². The number of hydrogen-bond acceptors (Lipinski definition) is 4. The molecule has 25 heavy (non-hydrogen) atoms. The molecule has 0 atom stereocenters. The van der Waals surface area contributed by atoms with Gasteiger partial charge in [0.05, 0.1) is 23.1 Å². The van der Waals surface area contributed by atoms with Crippen molar-refractivity contribution < 1.29 is 9.32 Å². The number of fused-ring (bicyclic) bond motifs is 1. The topological polar surface area (TPSA) is 75.0 Å². The molecule has 0 spiro atoms. The number of aromatic amines is 1. The minimum absolute atomic E-state index is 0.150. The van der Waals surface area contributed by atoms with E-state index in [-0.39, 0.29) is 5.91 Å². The number of piperidine rings is 1. The number of nitrogens with zero attached hydrogens (tertiary/aromatic N) is 3. The van der Waals surface area contributed by atoms with Crippen molar-refractivity contribution in [3.05, 3.63) is 47.1 Å². The molecule has 6 heteroatoms. The van der Waals surface area contributed by atoms with E-state index in [9.17, 15) is 4.79 Å². The summed E-state index contributed by atoms with van der Waals surface area (Å²) in [4.78, 5) is 22.7. The second-order valence-corrected chi connectivity index (χ2v) is 6.77.